The molecule has 0 aliphatic heterocycles. The Labute approximate surface area is 170 Å². The highest BCUT2D eigenvalue weighted by Gasteiger charge is 2.06. The van der Waals surface area contributed by atoms with E-state index in [-0.39, 0.29) is 5.43 Å². The maximum atomic E-state index is 13.5. The van der Waals surface area contributed by atoms with Gasteiger partial charge in [0.15, 0.2) is 11.6 Å². The summed E-state index contributed by atoms with van der Waals surface area (Å²) in [6, 6.07) is 18.7. The fourth-order valence-corrected chi connectivity index (χ4v) is 3.48. The summed E-state index contributed by atoms with van der Waals surface area (Å²) in [6.07, 6.45) is 5.21. The Morgan fingerprint density at radius 1 is 0.767 bits per heavy atom. The molecule has 0 bridgehead atoms. The highest BCUT2D eigenvalue weighted by molar-refractivity contribution is 5.92. The van der Waals surface area contributed by atoms with Crippen LogP contribution in [-0.2, 0) is 0 Å². The van der Waals surface area contributed by atoms with Crippen molar-refractivity contribution >= 4 is 44.7 Å². The summed E-state index contributed by atoms with van der Waals surface area (Å²) >= 11 is 0. The van der Waals surface area contributed by atoms with E-state index in [4.69, 9.17) is 0 Å². The van der Waals surface area contributed by atoms with Crippen LogP contribution >= 0.6 is 0 Å². The zero-order valence-electron chi connectivity index (χ0n) is 15.6. The number of benzene rings is 2. The number of aromatic nitrogens is 2. The van der Waals surface area contributed by atoms with Crippen molar-refractivity contribution in [2.75, 3.05) is 0 Å². The van der Waals surface area contributed by atoms with E-state index in [0.717, 1.165) is 28.5 Å². The number of fused-ring (bicyclic) bond motifs is 3. The van der Waals surface area contributed by atoms with Crippen molar-refractivity contribution in [2.45, 2.75) is 0 Å². The summed E-state index contributed by atoms with van der Waals surface area (Å²) < 4.78 is 26.8. The summed E-state index contributed by atoms with van der Waals surface area (Å²) in [6.45, 7) is 0. The molecule has 5 aromatic rings. The van der Waals surface area contributed by atoms with E-state index in [2.05, 4.69) is 9.97 Å². The smallest absolute Gasteiger partial charge is 0.212 e. The number of halogens is 2. The molecule has 0 fully saturated rings. The highest BCUT2D eigenvalue weighted by atomic mass is 19.2. The normalized spacial score (nSPS) is 11.7. The third-order valence-corrected chi connectivity index (χ3v) is 5.02. The van der Waals surface area contributed by atoms with E-state index < -0.39 is 11.6 Å². The fourth-order valence-electron chi connectivity index (χ4n) is 3.48. The lowest BCUT2D eigenvalue weighted by molar-refractivity contribution is 0.510. The highest BCUT2D eigenvalue weighted by Crippen LogP contribution is 2.20. The molecule has 0 spiro atoms. The molecule has 0 saturated carbocycles. The lowest BCUT2D eigenvalue weighted by atomic mass is 10.1. The molecule has 0 amide bonds. The second-order valence-electron chi connectivity index (χ2n) is 6.98. The zero-order chi connectivity index (χ0) is 20.7. The van der Waals surface area contributed by atoms with Gasteiger partial charge < -0.3 is 0 Å². The van der Waals surface area contributed by atoms with E-state index >= 15 is 0 Å². The van der Waals surface area contributed by atoms with Gasteiger partial charge in [-0.2, -0.15) is 0 Å². The Bertz CT molecular complexity index is 1540. The van der Waals surface area contributed by atoms with Crippen LogP contribution in [0.15, 0.2) is 77.7 Å². The number of pyridine rings is 2. The van der Waals surface area contributed by atoms with Crippen molar-refractivity contribution in [2.24, 2.45) is 0 Å². The van der Waals surface area contributed by atoms with Crippen molar-refractivity contribution in [3.63, 3.8) is 0 Å². The number of nitrogens with zero attached hydrogens (tertiary/aromatic N) is 2. The Hall–Kier alpha value is -3.99. The first-order chi connectivity index (χ1) is 14.6. The van der Waals surface area contributed by atoms with Gasteiger partial charge in [-0.3, -0.25) is 9.78 Å². The van der Waals surface area contributed by atoms with E-state index in [0.29, 0.717) is 27.5 Å². The van der Waals surface area contributed by atoms with Crippen molar-refractivity contribution in [3.8, 4) is 0 Å². The molecule has 0 saturated heterocycles. The molecule has 0 aliphatic carbocycles. The first kappa shape index (κ1) is 18.1. The van der Waals surface area contributed by atoms with Gasteiger partial charge in [0, 0.05) is 28.4 Å². The van der Waals surface area contributed by atoms with Gasteiger partial charge in [-0.1, -0.05) is 42.5 Å². The van der Waals surface area contributed by atoms with Gasteiger partial charge >= 0.3 is 0 Å². The van der Waals surface area contributed by atoms with E-state index in [1.807, 2.05) is 42.5 Å². The molecule has 3 aromatic carbocycles. The molecule has 2 aromatic heterocycles. The molecule has 3 nitrogen and oxygen atoms in total. The van der Waals surface area contributed by atoms with Crippen LogP contribution in [-0.4, -0.2) is 9.97 Å². The molecule has 144 valence electrons. The average Bonchev–Trinajstić information content (AvgIpc) is 2.90. The Morgan fingerprint density at radius 3 is 2.43 bits per heavy atom. The largest absolute Gasteiger partial charge is 0.287 e. The maximum Gasteiger partial charge on any atom is 0.212 e. The first-order valence-electron chi connectivity index (χ1n) is 9.34. The van der Waals surface area contributed by atoms with E-state index in [9.17, 15) is 13.6 Å². The number of rotatable bonds is 2. The van der Waals surface area contributed by atoms with Crippen LogP contribution < -0.4 is 5.43 Å². The van der Waals surface area contributed by atoms with Crippen LogP contribution in [0.1, 0.15) is 11.3 Å². The first-order valence-corrected chi connectivity index (χ1v) is 9.34. The Balaban J connectivity index is 1.58. The van der Waals surface area contributed by atoms with Crippen LogP contribution in [0.2, 0.25) is 0 Å². The van der Waals surface area contributed by atoms with Crippen molar-refractivity contribution in [3.05, 3.63) is 106 Å². The molecule has 5 rings (SSSR count). The van der Waals surface area contributed by atoms with Gasteiger partial charge in [0.1, 0.15) is 5.52 Å². The molecule has 2 heterocycles. The van der Waals surface area contributed by atoms with E-state index in [1.165, 1.54) is 0 Å². The Morgan fingerprint density at radius 2 is 1.53 bits per heavy atom. The van der Waals surface area contributed by atoms with Gasteiger partial charge in [0.2, 0.25) is 5.43 Å². The molecule has 5 heteroatoms. The molecule has 0 aliphatic rings. The monoisotopic (exact) mass is 396 g/mol. The molecule has 0 N–H and O–H groups in total. The van der Waals surface area contributed by atoms with Crippen molar-refractivity contribution in [1.82, 2.24) is 9.97 Å². The fraction of sp³-hybridized carbons (Fsp3) is 0. The molecule has 0 radical (unpaired) electrons. The predicted octanol–water partition coefficient (Wildman–Crippen LogP) is 5.75. The van der Waals surface area contributed by atoms with Crippen LogP contribution in [0, 0.1) is 11.6 Å². The summed E-state index contributed by atoms with van der Waals surface area (Å²) in [5, 5.41) is 2.73. The van der Waals surface area contributed by atoms with Gasteiger partial charge in [0.25, 0.3) is 0 Å². The van der Waals surface area contributed by atoms with Crippen molar-refractivity contribution < 1.29 is 8.78 Å². The SMILES string of the molecule is O=c1c2cc(/C=C/c3ccc4cc(F)c(F)cc4n3)ccc2ccc2cccnc12. The summed E-state index contributed by atoms with van der Waals surface area (Å²) in [5.41, 5.74) is 2.10. The van der Waals surface area contributed by atoms with Crippen LogP contribution in [0.25, 0.3) is 44.7 Å². The minimum atomic E-state index is -0.928. The molecule has 30 heavy (non-hydrogen) atoms. The van der Waals surface area contributed by atoms with Gasteiger partial charge in [0.05, 0.1) is 11.2 Å². The third-order valence-electron chi connectivity index (χ3n) is 5.02. The minimum absolute atomic E-state index is 0.123. The average molecular weight is 396 g/mol. The topological polar surface area (TPSA) is 42.9 Å². The second kappa shape index (κ2) is 7.12. The van der Waals surface area contributed by atoms with Crippen LogP contribution in [0.4, 0.5) is 8.78 Å². The van der Waals surface area contributed by atoms with Gasteiger partial charge in [-0.15, -0.1) is 0 Å². The quantitative estimate of drug-likeness (QED) is 0.382. The van der Waals surface area contributed by atoms with Crippen LogP contribution in [0.5, 0.6) is 0 Å². The summed E-state index contributed by atoms with van der Waals surface area (Å²) in [7, 11) is 0. The second-order valence-corrected chi connectivity index (χ2v) is 6.98. The molecular formula is C25H14F2N2O. The number of hydrogen-bond acceptors (Lipinski definition) is 3. The van der Waals surface area contributed by atoms with Crippen LogP contribution in [0.3, 0.4) is 0 Å². The Kier molecular flexibility index (Phi) is 4.29. The van der Waals surface area contributed by atoms with Gasteiger partial charge in [-0.05, 0) is 41.3 Å². The standard InChI is InChI=1S/C25H14F2N2O/c26-21-13-18-8-10-19(29-23(18)14-22(21)27)9-4-15-3-5-16-6-7-17-2-1-11-28-24(17)25(30)20(16)12-15/h1-14H/b9-4+. The lowest BCUT2D eigenvalue weighted by Gasteiger charge is -2.01. The zero-order valence-corrected chi connectivity index (χ0v) is 15.6. The summed E-state index contributed by atoms with van der Waals surface area (Å²) in [4.78, 5) is 21.6. The van der Waals surface area contributed by atoms with Crippen molar-refractivity contribution in [1.29, 1.82) is 0 Å². The minimum Gasteiger partial charge on any atom is -0.287 e. The van der Waals surface area contributed by atoms with E-state index in [1.54, 1.807) is 30.5 Å². The van der Waals surface area contributed by atoms with Gasteiger partial charge in [-0.25, -0.2) is 13.8 Å². The number of hydrogen-bond donors (Lipinski definition) is 0. The molecule has 0 atom stereocenters. The summed E-state index contributed by atoms with van der Waals surface area (Å²) in [5.74, 6) is -1.82. The molecular weight excluding hydrogens is 382 g/mol. The molecule has 0 unspecified atom stereocenters. The predicted molar refractivity (Wildman–Crippen MR) is 116 cm³/mol. The third kappa shape index (κ3) is 3.20. The maximum absolute atomic E-state index is 13.5. The lowest BCUT2D eigenvalue weighted by Crippen LogP contribution is -2.00.